The Kier molecular flexibility index (Phi) is 6.35. The van der Waals surface area contributed by atoms with E-state index in [1.807, 2.05) is 4.57 Å². The number of rotatable bonds is 5. The summed E-state index contributed by atoms with van der Waals surface area (Å²) in [5.41, 5.74) is 1.54. The van der Waals surface area contributed by atoms with Gasteiger partial charge in [-0.3, -0.25) is 9.59 Å². The minimum Gasteiger partial charge on any atom is -0.321 e. The highest BCUT2D eigenvalue weighted by atomic mass is 19.1. The number of hydrazone groups is 1. The summed E-state index contributed by atoms with van der Waals surface area (Å²) in [6.07, 6.45) is 4.22. The first kappa shape index (κ1) is 22.8. The number of aryl methyl sites for hydroxylation is 1. The van der Waals surface area contributed by atoms with Crippen molar-refractivity contribution < 1.29 is 18.4 Å². The summed E-state index contributed by atoms with van der Waals surface area (Å²) < 4.78 is 29.9. The van der Waals surface area contributed by atoms with Crippen molar-refractivity contribution in [2.45, 2.75) is 51.6 Å². The first-order valence-corrected chi connectivity index (χ1v) is 11.6. The third-order valence-corrected chi connectivity index (χ3v) is 6.19. The van der Waals surface area contributed by atoms with Crippen LogP contribution in [0.2, 0.25) is 0 Å². The summed E-state index contributed by atoms with van der Waals surface area (Å²) in [6.45, 7) is 0.858. The Morgan fingerprint density at radius 1 is 0.971 bits per heavy atom. The maximum atomic E-state index is 14.7. The van der Waals surface area contributed by atoms with E-state index >= 15 is 0 Å². The first-order valence-electron chi connectivity index (χ1n) is 11.6. The Labute approximate surface area is 200 Å². The number of benzene rings is 2. The Bertz CT molecular complexity index is 1300. The molecule has 0 unspecified atom stereocenters. The van der Waals surface area contributed by atoms with Gasteiger partial charge in [0.05, 0.1) is 12.1 Å². The van der Waals surface area contributed by atoms with Crippen molar-refractivity contribution in [3.63, 3.8) is 0 Å². The second-order valence-corrected chi connectivity index (χ2v) is 8.68. The van der Waals surface area contributed by atoms with Crippen LogP contribution >= 0.6 is 0 Å². The second-order valence-electron chi connectivity index (χ2n) is 8.68. The fourth-order valence-electron chi connectivity index (χ4n) is 4.31. The first-order chi connectivity index (χ1) is 17.0. The molecule has 3 aromatic rings. The van der Waals surface area contributed by atoms with Gasteiger partial charge in [0, 0.05) is 31.5 Å². The molecule has 2 aliphatic heterocycles. The molecule has 0 radical (unpaired) electrons. The Hall–Kier alpha value is -3.95. The van der Waals surface area contributed by atoms with Crippen molar-refractivity contribution in [1.82, 2.24) is 19.8 Å². The number of anilines is 1. The zero-order valence-corrected chi connectivity index (χ0v) is 19.0. The molecule has 10 heteroatoms. The van der Waals surface area contributed by atoms with Gasteiger partial charge in [-0.1, -0.05) is 18.6 Å². The minimum absolute atomic E-state index is 0.133. The molecule has 0 bridgehead atoms. The van der Waals surface area contributed by atoms with Crippen molar-refractivity contribution in [2.75, 3.05) is 5.32 Å². The van der Waals surface area contributed by atoms with Gasteiger partial charge in [-0.05, 0) is 48.7 Å². The molecular weight excluding hydrogens is 454 g/mol. The summed E-state index contributed by atoms with van der Waals surface area (Å²) in [7, 11) is 0. The quantitative estimate of drug-likeness (QED) is 0.599. The summed E-state index contributed by atoms with van der Waals surface area (Å²) in [5, 5.41) is 16.7. The Morgan fingerprint density at radius 3 is 2.63 bits per heavy atom. The molecule has 1 N–H and O–H groups in total. The van der Waals surface area contributed by atoms with Crippen LogP contribution < -0.4 is 5.32 Å². The summed E-state index contributed by atoms with van der Waals surface area (Å²) >= 11 is 0. The average Bonchev–Trinajstić information content (AvgIpc) is 3.10. The summed E-state index contributed by atoms with van der Waals surface area (Å²) in [6, 6.07) is 10.1. The molecule has 1 aromatic heterocycles. The lowest BCUT2D eigenvalue weighted by Crippen LogP contribution is -2.36. The normalized spacial score (nSPS) is 15.9. The average molecular weight is 479 g/mol. The summed E-state index contributed by atoms with van der Waals surface area (Å²) in [4.78, 5) is 25.2. The van der Waals surface area contributed by atoms with E-state index in [4.69, 9.17) is 0 Å². The molecule has 0 saturated heterocycles. The van der Waals surface area contributed by atoms with Gasteiger partial charge in [0.2, 0.25) is 5.91 Å². The van der Waals surface area contributed by atoms with Crippen molar-refractivity contribution in [3.05, 3.63) is 65.5 Å². The Balaban J connectivity index is 1.35. The van der Waals surface area contributed by atoms with Crippen LogP contribution in [0.4, 0.5) is 14.5 Å². The molecule has 2 aliphatic rings. The van der Waals surface area contributed by atoms with Gasteiger partial charge in [0.1, 0.15) is 23.2 Å². The van der Waals surface area contributed by atoms with E-state index in [2.05, 4.69) is 20.6 Å². The number of hydrogen-bond acceptors (Lipinski definition) is 5. The predicted molar refractivity (Wildman–Crippen MR) is 125 cm³/mol. The van der Waals surface area contributed by atoms with Crippen LogP contribution in [-0.2, 0) is 29.1 Å². The van der Waals surface area contributed by atoms with Crippen LogP contribution in [0, 0.1) is 11.6 Å². The van der Waals surface area contributed by atoms with Gasteiger partial charge in [-0.25, -0.2) is 13.8 Å². The highest BCUT2D eigenvalue weighted by Crippen LogP contribution is 2.28. The summed E-state index contributed by atoms with van der Waals surface area (Å²) in [5.74, 6) is -0.228. The molecular formula is C25H24F2N6O2. The lowest BCUT2D eigenvalue weighted by Gasteiger charge is -2.23. The topological polar surface area (TPSA) is 92.5 Å². The molecule has 180 valence electrons. The molecule has 0 atom stereocenters. The second kappa shape index (κ2) is 9.73. The van der Waals surface area contributed by atoms with Crippen LogP contribution in [-0.4, -0.2) is 37.3 Å². The number of aromatic nitrogens is 3. The zero-order chi connectivity index (χ0) is 24.4. The predicted octanol–water partition coefficient (Wildman–Crippen LogP) is 4.07. The van der Waals surface area contributed by atoms with E-state index in [9.17, 15) is 18.4 Å². The number of nitrogens with zero attached hydrogens (tertiary/aromatic N) is 5. The van der Waals surface area contributed by atoms with E-state index in [1.54, 1.807) is 18.2 Å². The van der Waals surface area contributed by atoms with E-state index in [0.717, 1.165) is 38.1 Å². The standard InChI is InChI=1S/C25H24F2N6O2/c26-17-7-5-16(6-8-17)15-33-23(34)12-11-21(31-33)25(35)28-18-9-10-20(27)19(14-18)24-30-29-22-4-2-1-3-13-32(22)24/h5-10,14H,1-4,11-13,15H2,(H,28,35). The molecule has 35 heavy (non-hydrogen) atoms. The van der Waals surface area contributed by atoms with Gasteiger partial charge >= 0.3 is 0 Å². The van der Waals surface area contributed by atoms with Crippen LogP contribution in [0.1, 0.15) is 43.5 Å². The van der Waals surface area contributed by atoms with E-state index < -0.39 is 11.7 Å². The third kappa shape index (κ3) is 4.96. The molecule has 0 spiro atoms. The van der Waals surface area contributed by atoms with Crippen LogP contribution in [0.3, 0.4) is 0 Å². The molecule has 2 aromatic carbocycles. The minimum atomic E-state index is -0.473. The van der Waals surface area contributed by atoms with Gasteiger partial charge in [-0.15, -0.1) is 10.2 Å². The van der Waals surface area contributed by atoms with Crippen LogP contribution in [0.25, 0.3) is 11.4 Å². The number of amides is 2. The van der Waals surface area contributed by atoms with Crippen LogP contribution in [0.15, 0.2) is 47.6 Å². The largest absolute Gasteiger partial charge is 0.321 e. The van der Waals surface area contributed by atoms with Gasteiger partial charge in [0.25, 0.3) is 5.91 Å². The number of nitrogens with one attached hydrogen (secondary N) is 1. The smallest absolute Gasteiger partial charge is 0.271 e. The van der Waals surface area contributed by atoms with Crippen molar-refractivity contribution in [2.24, 2.45) is 5.10 Å². The number of hydrogen-bond donors (Lipinski definition) is 1. The molecule has 0 fully saturated rings. The number of carbonyl (C=O) groups excluding carboxylic acids is 2. The molecule has 8 nitrogen and oxygen atoms in total. The van der Waals surface area contributed by atoms with Gasteiger partial charge in [-0.2, -0.15) is 5.10 Å². The van der Waals surface area contributed by atoms with Gasteiger partial charge < -0.3 is 9.88 Å². The maximum absolute atomic E-state index is 14.7. The fourth-order valence-corrected chi connectivity index (χ4v) is 4.31. The van der Waals surface area contributed by atoms with Crippen molar-refractivity contribution >= 4 is 23.2 Å². The molecule has 0 aliphatic carbocycles. The van der Waals surface area contributed by atoms with Crippen LogP contribution in [0.5, 0.6) is 0 Å². The van der Waals surface area contributed by atoms with Crippen molar-refractivity contribution in [1.29, 1.82) is 0 Å². The zero-order valence-electron chi connectivity index (χ0n) is 19.0. The van der Waals surface area contributed by atoms with Crippen molar-refractivity contribution in [3.8, 4) is 11.4 Å². The molecule has 3 heterocycles. The third-order valence-electron chi connectivity index (χ3n) is 6.19. The highest BCUT2D eigenvalue weighted by molar-refractivity contribution is 6.43. The molecule has 0 saturated carbocycles. The number of fused-ring (bicyclic) bond motifs is 1. The number of halogens is 2. The van der Waals surface area contributed by atoms with Gasteiger partial charge in [0.15, 0.2) is 5.82 Å². The molecule has 5 rings (SSSR count). The monoisotopic (exact) mass is 478 g/mol. The SMILES string of the molecule is O=C(Nc1ccc(F)c(-c2nnc3n2CCCCC3)c1)C1=NN(Cc2ccc(F)cc2)C(=O)CC1. The van der Waals surface area contributed by atoms with E-state index in [1.165, 1.54) is 29.3 Å². The van der Waals surface area contributed by atoms with E-state index in [-0.39, 0.29) is 42.4 Å². The maximum Gasteiger partial charge on any atom is 0.271 e. The Morgan fingerprint density at radius 2 is 1.80 bits per heavy atom. The fraction of sp³-hybridized carbons (Fsp3) is 0.320. The lowest BCUT2D eigenvalue weighted by atomic mass is 10.1. The lowest BCUT2D eigenvalue weighted by molar-refractivity contribution is -0.132. The molecule has 2 amide bonds. The number of carbonyl (C=O) groups is 2. The van der Waals surface area contributed by atoms with E-state index in [0.29, 0.717) is 17.1 Å². The highest BCUT2D eigenvalue weighted by Gasteiger charge is 2.25.